The number of likely N-dealkylation sites (tertiary alicyclic amines) is 2. The molecule has 8 heterocycles. The number of hydrogen-bond acceptors (Lipinski definition) is 11. The van der Waals surface area contributed by atoms with E-state index >= 15 is 0 Å². The molecule has 0 bridgehead atoms. The Bertz CT molecular complexity index is 2660. The zero-order valence-electron chi connectivity index (χ0n) is 36.7. The van der Waals surface area contributed by atoms with Crippen molar-refractivity contribution in [1.82, 2.24) is 44.9 Å². The Hall–Kier alpha value is -6.03. The zero-order valence-corrected chi connectivity index (χ0v) is 36.7. The lowest BCUT2D eigenvalue weighted by Gasteiger charge is -2.42. The molecular formula is C50H56N10O5. The summed E-state index contributed by atoms with van der Waals surface area (Å²) in [6.45, 7) is 6.24. The van der Waals surface area contributed by atoms with Gasteiger partial charge in [0.2, 0.25) is 17.8 Å². The maximum absolute atomic E-state index is 13.2. The molecule has 3 saturated heterocycles. The summed E-state index contributed by atoms with van der Waals surface area (Å²) in [5.41, 5.74) is 6.37. The van der Waals surface area contributed by atoms with Gasteiger partial charge in [-0.2, -0.15) is 4.98 Å². The van der Waals surface area contributed by atoms with Gasteiger partial charge in [0.15, 0.2) is 0 Å². The summed E-state index contributed by atoms with van der Waals surface area (Å²) >= 11 is 0. The van der Waals surface area contributed by atoms with Crippen molar-refractivity contribution in [3.63, 3.8) is 0 Å². The SMILES string of the molecule is O=C1CCC(N2Cc3cc(C4(O)CCN(Cc5ccc(CN6CCC(c7ccc(Nc8ncc9cc%10n(c9n8)C8(CCCCC8)CNC%10=O)nc7)CC6)cc5)CC4)ccc3C2=O)C(=O)N1. The molecule has 65 heavy (non-hydrogen) atoms. The Morgan fingerprint density at radius 1 is 0.785 bits per heavy atom. The van der Waals surface area contributed by atoms with Crippen LogP contribution in [0.3, 0.4) is 0 Å². The van der Waals surface area contributed by atoms with E-state index in [0.717, 1.165) is 100.0 Å². The summed E-state index contributed by atoms with van der Waals surface area (Å²) in [6.07, 6.45) is 13.3. The Morgan fingerprint density at radius 2 is 1.52 bits per heavy atom. The number of amides is 4. The highest BCUT2D eigenvalue weighted by atomic mass is 16.3. The van der Waals surface area contributed by atoms with Crippen LogP contribution in [-0.2, 0) is 40.4 Å². The van der Waals surface area contributed by atoms with E-state index in [9.17, 15) is 24.3 Å². The molecule has 15 heteroatoms. The van der Waals surface area contributed by atoms with E-state index in [1.54, 1.807) is 17.2 Å². The van der Waals surface area contributed by atoms with Crippen LogP contribution in [0.25, 0.3) is 11.0 Å². The maximum atomic E-state index is 13.2. The van der Waals surface area contributed by atoms with Crippen molar-refractivity contribution in [3.05, 3.63) is 112 Å². The molecule has 4 amide bonds. The van der Waals surface area contributed by atoms with E-state index in [2.05, 4.69) is 65.6 Å². The molecule has 0 radical (unpaired) electrons. The summed E-state index contributed by atoms with van der Waals surface area (Å²) in [6, 6.07) is 20.0. The second-order valence-electron chi connectivity index (χ2n) is 19.4. The number of piperidine rings is 3. The van der Waals surface area contributed by atoms with Gasteiger partial charge in [-0.3, -0.25) is 34.3 Å². The maximum Gasteiger partial charge on any atom is 0.268 e. The lowest BCUT2D eigenvalue weighted by Crippen LogP contribution is -2.52. The van der Waals surface area contributed by atoms with Crippen molar-refractivity contribution in [1.29, 1.82) is 0 Å². The lowest BCUT2D eigenvalue weighted by molar-refractivity contribution is -0.136. The number of aliphatic hydroxyl groups is 1. The Morgan fingerprint density at radius 3 is 2.23 bits per heavy atom. The average molecular weight is 877 g/mol. The van der Waals surface area contributed by atoms with Crippen LogP contribution < -0.4 is 16.0 Å². The molecule has 1 aliphatic carbocycles. The highest BCUT2D eigenvalue weighted by Gasteiger charge is 2.43. The number of carbonyl (C=O) groups is 4. The standard InChI is InChI=1S/C50H56N10O5/c61-43-13-11-40(46(63)55-43)59-30-37-24-38(9-10-39(37)47(59)64)50(65)18-22-58(23-19-50)29-33-6-4-32(5-7-33)28-57-20-14-34(15-21-57)35-8-12-42(51-26-35)54-48-52-27-36-25-41-45(62)53-31-49(16-2-1-3-17-49)60(41)44(36)56-48/h4-10,12,24-27,34,40,65H,1-3,11,13-23,28-31H2,(H,53,62)(H,55,61,63)(H,51,52,54,56). The normalized spacial score (nSPS) is 22.5. The van der Waals surface area contributed by atoms with Gasteiger partial charge in [-0.1, -0.05) is 61.7 Å². The van der Waals surface area contributed by atoms with Crippen molar-refractivity contribution in [2.45, 2.75) is 113 Å². The number of hydrogen-bond donors (Lipinski definition) is 4. The fourth-order valence-corrected chi connectivity index (χ4v) is 11.5. The number of fused-ring (bicyclic) bond motifs is 5. The second-order valence-corrected chi connectivity index (χ2v) is 19.4. The number of nitrogens with zero attached hydrogens (tertiary/aromatic N) is 7. The molecule has 1 spiro atoms. The summed E-state index contributed by atoms with van der Waals surface area (Å²) < 4.78 is 2.19. The first kappa shape index (κ1) is 41.7. The Kier molecular flexibility index (Phi) is 10.7. The number of nitrogens with one attached hydrogen (secondary N) is 3. The smallest absolute Gasteiger partial charge is 0.268 e. The van der Waals surface area contributed by atoms with E-state index in [1.165, 1.54) is 23.1 Å². The predicted molar refractivity (Wildman–Crippen MR) is 243 cm³/mol. The molecule has 3 aromatic heterocycles. The van der Waals surface area contributed by atoms with Crippen LogP contribution in [0.15, 0.2) is 73.1 Å². The van der Waals surface area contributed by atoms with E-state index in [-0.39, 0.29) is 29.7 Å². The average Bonchev–Trinajstić information content (AvgIpc) is 3.88. The van der Waals surface area contributed by atoms with Crippen molar-refractivity contribution >= 4 is 46.4 Å². The molecule has 1 atom stereocenters. The molecule has 2 aromatic carbocycles. The van der Waals surface area contributed by atoms with Gasteiger partial charge in [0.25, 0.3) is 11.8 Å². The fraction of sp³-hybridized carbons (Fsp3) is 0.460. The van der Waals surface area contributed by atoms with Gasteiger partial charge < -0.3 is 25.2 Å². The molecule has 4 fully saturated rings. The van der Waals surface area contributed by atoms with E-state index in [4.69, 9.17) is 9.97 Å². The van der Waals surface area contributed by atoms with Crippen LogP contribution >= 0.6 is 0 Å². The van der Waals surface area contributed by atoms with E-state index in [1.807, 2.05) is 30.5 Å². The summed E-state index contributed by atoms with van der Waals surface area (Å²) in [7, 11) is 0. The number of anilines is 2. The monoisotopic (exact) mass is 876 g/mol. The highest BCUT2D eigenvalue weighted by molar-refractivity contribution is 6.05. The van der Waals surface area contributed by atoms with Crippen LogP contribution in [0.2, 0.25) is 0 Å². The third-order valence-corrected chi connectivity index (χ3v) is 15.3. The minimum atomic E-state index is -0.985. The fourth-order valence-electron chi connectivity index (χ4n) is 11.5. The van der Waals surface area contributed by atoms with Gasteiger partial charge in [0.05, 0.1) is 11.1 Å². The molecule has 1 unspecified atom stereocenters. The van der Waals surface area contributed by atoms with Gasteiger partial charge >= 0.3 is 0 Å². The van der Waals surface area contributed by atoms with Crippen molar-refractivity contribution < 1.29 is 24.3 Å². The minimum absolute atomic E-state index is 0.0465. The number of imide groups is 1. The number of benzene rings is 2. The first-order chi connectivity index (χ1) is 31.6. The predicted octanol–water partition coefficient (Wildman–Crippen LogP) is 5.60. The third kappa shape index (κ3) is 7.97. The number of aromatic nitrogens is 4. The summed E-state index contributed by atoms with van der Waals surface area (Å²) in [5.74, 6) is 0.662. The van der Waals surface area contributed by atoms with Crippen molar-refractivity contribution in [2.75, 3.05) is 38.0 Å². The van der Waals surface area contributed by atoms with Gasteiger partial charge in [0, 0.05) is 69.0 Å². The van der Waals surface area contributed by atoms with Crippen LogP contribution in [0.5, 0.6) is 0 Å². The van der Waals surface area contributed by atoms with Crippen LogP contribution in [-0.4, -0.2) is 102 Å². The largest absolute Gasteiger partial charge is 0.385 e. The summed E-state index contributed by atoms with van der Waals surface area (Å²) in [5, 5.41) is 21.5. The summed E-state index contributed by atoms with van der Waals surface area (Å²) in [4.78, 5) is 71.0. The van der Waals surface area contributed by atoms with Gasteiger partial charge in [0.1, 0.15) is 23.2 Å². The highest BCUT2D eigenvalue weighted by Crippen LogP contribution is 2.41. The zero-order chi connectivity index (χ0) is 44.3. The molecule has 5 aliphatic heterocycles. The second kappa shape index (κ2) is 16.8. The molecular weight excluding hydrogens is 821 g/mol. The quantitative estimate of drug-likeness (QED) is 0.136. The Labute approximate surface area is 378 Å². The van der Waals surface area contributed by atoms with Gasteiger partial charge in [-0.25, -0.2) is 9.97 Å². The Balaban J connectivity index is 0.645. The van der Waals surface area contributed by atoms with Gasteiger partial charge in [-0.15, -0.1) is 0 Å². The molecule has 336 valence electrons. The first-order valence-electron chi connectivity index (χ1n) is 23.5. The number of rotatable bonds is 9. The topological polar surface area (TPSA) is 178 Å². The number of pyridine rings is 1. The van der Waals surface area contributed by atoms with Crippen molar-refractivity contribution in [2.24, 2.45) is 0 Å². The van der Waals surface area contributed by atoms with E-state index in [0.29, 0.717) is 61.3 Å². The van der Waals surface area contributed by atoms with Crippen molar-refractivity contribution in [3.8, 4) is 0 Å². The van der Waals surface area contributed by atoms with Gasteiger partial charge in [-0.05, 0) is 110 Å². The van der Waals surface area contributed by atoms with E-state index < -0.39 is 17.6 Å². The minimum Gasteiger partial charge on any atom is -0.385 e. The molecule has 5 aromatic rings. The molecule has 4 N–H and O–H groups in total. The van der Waals surface area contributed by atoms with Crippen LogP contribution in [0.1, 0.15) is 125 Å². The van der Waals surface area contributed by atoms with Crippen LogP contribution in [0, 0.1) is 0 Å². The lowest BCUT2D eigenvalue weighted by atomic mass is 9.80. The molecule has 1 saturated carbocycles. The molecule has 15 nitrogen and oxygen atoms in total. The molecule has 6 aliphatic rings. The third-order valence-electron chi connectivity index (χ3n) is 15.3. The molecule has 11 rings (SSSR count). The first-order valence-corrected chi connectivity index (χ1v) is 23.5. The van der Waals surface area contributed by atoms with Crippen LogP contribution in [0.4, 0.5) is 11.8 Å². The number of carbonyl (C=O) groups excluding carboxylic acids is 4.